The fourth-order valence-electron chi connectivity index (χ4n) is 2.92. The molecule has 3 heterocycles. The number of nitrogens with zero attached hydrogens (tertiary/aromatic N) is 4. The Labute approximate surface area is 170 Å². The molecule has 0 amide bonds. The quantitative estimate of drug-likeness (QED) is 0.448. The summed E-state index contributed by atoms with van der Waals surface area (Å²) in [5, 5.41) is 22.4. The molecule has 1 atom stereocenters. The molecule has 0 bridgehead atoms. The van der Waals surface area contributed by atoms with E-state index in [1.807, 2.05) is 0 Å². The second-order valence-corrected chi connectivity index (χ2v) is 6.54. The van der Waals surface area contributed by atoms with Crippen LogP contribution in [0.1, 0.15) is 17.2 Å². The molecule has 3 aromatic heterocycles. The maximum atomic E-state index is 14.5. The van der Waals surface area contributed by atoms with Crippen molar-refractivity contribution in [2.24, 2.45) is 0 Å². The van der Waals surface area contributed by atoms with Crippen molar-refractivity contribution in [2.75, 3.05) is 11.9 Å². The van der Waals surface area contributed by atoms with E-state index >= 15 is 0 Å². The van der Waals surface area contributed by atoms with Gasteiger partial charge in [-0.3, -0.25) is 4.98 Å². The number of halogens is 2. The number of aliphatic hydroxyl groups is 2. The summed E-state index contributed by atoms with van der Waals surface area (Å²) in [5.41, 5.74) is 2.08. The van der Waals surface area contributed by atoms with E-state index in [9.17, 15) is 13.9 Å². The number of anilines is 2. The van der Waals surface area contributed by atoms with Crippen LogP contribution in [0, 0.1) is 5.82 Å². The lowest BCUT2D eigenvalue weighted by Crippen LogP contribution is -2.05. The molecule has 0 aliphatic rings. The minimum absolute atomic E-state index is 0.000669. The molecule has 1 aromatic carbocycles. The highest BCUT2D eigenvalue weighted by Gasteiger charge is 2.15. The zero-order chi connectivity index (χ0) is 21.1. The minimum atomic E-state index is -1.20. The number of pyridine rings is 2. The first-order chi connectivity index (χ1) is 14.6. The number of aromatic nitrogens is 4. The van der Waals surface area contributed by atoms with Gasteiger partial charge in [0, 0.05) is 17.4 Å². The lowest BCUT2D eigenvalue weighted by molar-refractivity contribution is 0.0951. The largest absolute Gasteiger partial charge is 0.393 e. The summed E-state index contributed by atoms with van der Waals surface area (Å²) >= 11 is 0. The molecule has 4 aromatic rings. The molecule has 9 heteroatoms. The topological polar surface area (TPSA) is 104 Å². The molecule has 0 saturated heterocycles. The Morgan fingerprint density at radius 3 is 2.53 bits per heavy atom. The van der Waals surface area contributed by atoms with Gasteiger partial charge in [-0.05, 0) is 35.9 Å². The highest BCUT2D eigenvalue weighted by molar-refractivity contribution is 5.89. The van der Waals surface area contributed by atoms with E-state index in [0.29, 0.717) is 22.4 Å². The van der Waals surface area contributed by atoms with Gasteiger partial charge in [-0.1, -0.05) is 12.1 Å². The Morgan fingerprint density at radius 1 is 1.03 bits per heavy atom. The van der Waals surface area contributed by atoms with Crippen molar-refractivity contribution < 1.29 is 19.0 Å². The monoisotopic (exact) mass is 409 g/mol. The Balaban J connectivity index is 1.67. The van der Waals surface area contributed by atoms with E-state index < -0.39 is 25.2 Å². The van der Waals surface area contributed by atoms with Crippen LogP contribution in [0.2, 0.25) is 0 Å². The lowest BCUT2D eigenvalue weighted by atomic mass is 10.1. The zero-order valence-electron chi connectivity index (χ0n) is 15.6. The molecule has 152 valence electrons. The van der Waals surface area contributed by atoms with E-state index in [1.54, 1.807) is 36.4 Å². The standard InChI is InChI=1S/C21H17F2N5O2/c22-8-12-1-3-14(4-2-12)27-20-15-5-6-17(28-21(15)26-11-25-20)19-16(23)7-13(9-24-19)18(30)10-29/h1-7,9,11,18,29-30H,8,10H2,(H,25,26,27,28). The van der Waals surface area contributed by atoms with Crippen LogP contribution in [0.4, 0.5) is 20.3 Å². The first kappa shape index (κ1) is 19.7. The van der Waals surface area contributed by atoms with Gasteiger partial charge >= 0.3 is 0 Å². The van der Waals surface area contributed by atoms with Crippen molar-refractivity contribution in [3.63, 3.8) is 0 Å². The van der Waals surface area contributed by atoms with Gasteiger partial charge in [0.15, 0.2) is 11.5 Å². The third-order valence-corrected chi connectivity index (χ3v) is 4.53. The number of rotatable bonds is 6. The van der Waals surface area contributed by atoms with Gasteiger partial charge in [-0.25, -0.2) is 23.7 Å². The van der Waals surface area contributed by atoms with Gasteiger partial charge in [-0.15, -0.1) is 0 Å². The number of nitrogens with one attached hydrogen (secondary N) is 1. The number of fused-ring (bicyclic) bond motifs is 1. The Hall–Kier alpha value is -3.56. The molecule has 0 spiro atoms. The summed E-state index contributed by atoms with van der Waals surface area (Å²) < 4.78 is 27.2. The number of benzene rings is 1. The van der Waals surface area contributed by atoms with Gasteiger partial charge in [0.2, 0.25) is 0 Å². The van der Waals surface area contributed by atoms with Crippen LogP contribution in [0.25, 0.3) is 22.4 Å². The van der Waals surface area contributed by atoms with Crippen molar-refractivity contribution in [3.8, 4) is 11.4 Å². The Kier molecular flexibility index (Phi) is 5.55. The molecule has 30 heavy (non-hydrogen) atoms. The van der Waals surface area contributed by atoms with Crippen LogP contribution in [-0.2, 0) is 6.67 Å². The molecule has 0 aliphatic carbocycles. The minimum Gasteiger partial charge on any atom is -0.393 e. The highest BCUT2D eigenvalue weighted by Crippen LogP contribution is 2.27. The normalized spacial score (nSPS) is 12.1. The number of hydrogen-bond acceptors (Lipinski definition) is 7. The number of alkyl halides is 1. The predicted molar refractivity (Wildman–Crippen MR) is 107 cm³/mol. The Morgan fingerprint density at radius 2 is 1.83 bits per heavy atom. The van der Waals surface area contributed by atoms with Gasteiger partial charge in [0.1, 0.15) is 30.6 Å². The SMILES string of the molecule is OCC(O)c1cnc(-c2ccc3c(Nc4ccc(CF)cc4)ncnc3n2)c(F)c1. The third-order valence-electron chi connectivity index (χ3n) is 4.53. The molecule has 0 radical (unpaired) electrons. The fraction of sp³-hybridized carbons (Fsp3) is 0.143. The maximum absolute atomic E-state index is 14.5. The third kappa shape index (κ3) is 3.93. The second kappa shape index (κ2) is 8.44. The molecule has 0 saturated carbocycles. The van der Waals surface area contributed by atoms with E-state index in [0.717, 1.165) is 11.8 Å². The van der Waals surface area contributed by atoms with Crippen LogP contribution in [0.3, 0.4) is 0 Å². The summed E-state index contributed by atoms with van der Waals surface area (Å²) in [6.07, 6.45) is 1.42. The van der Waals surface area contributed by atoms with Crippen molar-refractivity contribution >= 4 is 22.5 Å². The summed E-state index contributed by atoms with van der Waals surface area (Å²) in [6.45, 7) is -1.06. The van der Waals surface area contributed by atoms with E-state index in [1.165, 1.54) is 12.5 Å². The zero-order valence-corrected chi connectivity index (χ0v) is 15.6. The maximum Gasteiger partial charge on any atom is 0.165 e. The van der Waals surface area contributed by atoms with Gasteiger partial charge in [0.25, 0.3) is 0 Å². The molecule has 0 aliphatic heterocycles. The smallest absolute Gasteiger partial charge is 0.165 e. The molecular formula is C21H17F2N5O2. The van der Waals surface area contributed by atoms with Crippen LogP contribution in [0.5, 0.6) is 0 Å². The summed E-state index contributed by atoms with van der Waals surface area (Å²) in [4.78, 5) is 16.8. The van der Waals surface area contributed by atoms with Crippen molar-refractivity contribution in [3.05, 3.63) is 71.9 Å². The summed E-state index contributed by atoms with van der Waals surface area (Å²) in [7, 11) is 0. The predicted octanol–water partition coefficient (Wildman–Crippen LogP) is 3.46. The highest BCUT2D eigenvalue weighted by atomic mass is 19.1. The fourth-order valence-corrected chi connectivity index (χ4v) is 2.92. The summed E-state index contributed by atoms with van der Waals surface area (Å²) in [5.74, 6) is -0.172. The molecule has 0 fully saturated rings. The van der Waals surface area contributed by atoms with E-state index in [2.05, 4.69) is 25.3 Å². The van der Waals surface area contributed by atoms with E-state index in [4.69, 9.17) is 5.11 Å². The average molecular weight is 409 g/mol. The van der Waals surface area contributed by atoms with Crippen molar-refractivity contribution in [1.82, 2.24) is 19.9 Å². The van der Waals surface area contributed by atoms with Crippen LogP contribution in [-0.4, -0.2) is 36.8 Å². The van der Waals surface area contributed by atoms with Crippen LogP contribution in [0.15, 0.2) is 55.0 Å². The van der Waals surface area contributed by atoms with Crippen LogP contribution >= 0.6 is 0 Å². The van der Waals surface area contributed by atoms with Gasteiger partial charge < -0.3 is 15.5 Å². The first-order valence-electron chi connectivity index (χ1n) is 9.07. The Bertz CT molecular complexity index is 1190. The molecule has 3 N–H and O–H groups in total. The number of aliphatic hydroxyl groups excluding tert-OH is 2. The van der Waals surface area contributed by atoms with Crippen LogP contribution < -0.4 is 5.32 Å². The van der Waals surface area contributed by atoms with Crippen molar-refractivity contribution in [2.45, 2.75) is 12.8 Å². The molecule has 4 rings (SSSR count). The molecule has 7 nitrogen and oxygen atoms in total. The lowest BCUT2D eigenvalue weighted by Gasteiger charge is -2.11. The number of hydrogen-bond donors (Lipinski definition) is 3. The average Bonchev–Trinajstić information content (AvgIpc) is 2.79. The molecule has 1 unspecified atom stereocenters. The van der Waals surface area contributed by atoms with E-state index in [-0.39, 0.29) is 17.0 Å². The summed E-state index contributed by atoms with van der Waals surface area (Å²) in [6, 6.07) is 11.2. The van der Waals surface area contributed by atoms with Gasteiger partial charge in [0.05, 0.1) is 17.7 Å². The second-order valence-electron chi connectivity index (χ2n) is 6.54. The molecular weight excluding hydrogens is 392 g/mol. The van der Waals surface area contributed by atoms with Gasteiger partial charge in [-0.2, -0.15) is 0 Å². The van der Waals surface area contributed by atoms with Crippen molar-refractivity contribution in [1.29, 1.82) is 0 Å². The first-order valence-corrected chi connectivity index (χ1v) is 9.07.